The van der Waals surface area contributed by atoms with Gasteiger partial charge in [0, 0.05) is 38.7 Å². The zero-order valence-electron chi connectivity index (χ0n) is 17.5. The van der Waals surface area contributed by atoms with E-state index in [1.165, 1.54) is 5.56 Å². The number of piperidine rings is 1. The molecule has 0 bridgehead atoms. The molecule has 0 aliphatic carbocycles. The van der Waals surface area contributed by atoms with E-state index in [0.717, 1.165) is 18.6 Å². The number of benzene rings is 1. The molecule has 7 nitrogen and oxygen atoms in total. The minimum Gasteiger partial charge on any atom is -0.488 e. The third kappa shape index (κ3) is 8.18. The van der Waals surface area contributed by atoms with Gasteiger partial charge in [-0.2, -0.15) is 13.2 Å². The van der Waals surface area contributed by atoms with E-state index in [4.69, 9.17) is 19.4 Å². The van der Waals surface area contributed by atoms with Gasteiger partial charge in [-0.25, -0.2) is 4.79 Å². The number of likely N-dealkylation sites (tertiary alicyclic amines) is 1. The molecule has 0 spiro atoms. The first-order chi connectivity index (χ1) is 15.2. The molecule has 1 aromatic carbocycles. The standard InChI is InChI=1S/C20H24N2O3.C2HF3O2/c1-24-15-20(23)22-11-9-19(25-18-8-5-10-21-13-18)17(14-22)12-16-6-3-2-4-7-16;3-2(4,5)1(6)7/h2-8,10,13,17,19H,9,11-12,14-15H2,1H3;(H,6,7)/t17-,19+;/m0./s1. The molecule has 2 aromatic rings. The van der Waals surface area contributed by atoms with E-state index in [9.17, 15) is 18.0 Å². The molecule has 0 radical (unpaired) electrons. The van der Waals surface area contributed by atoms with Gasteiger partial charge >= 0.3 is 12.1 Å². The Bertz CT molecular complexity index is 850. The molecule has 2 atom stereocenters. The van der Waals surface area contributed by atoms with Crippen LogP contribution in [0.5, 0.6) is 5.75 Å². The zero-order chi connectivity index (χ0) is 23.6. The zero-order valence-corrected chi connectivity index (χ0v) is 17.5. The molecule has 1 N–H and O–H groups in total. The Hall–Kier alpha value is -3.14. The highest BCUT2D eigenvalue weighted by atomic mass is 19.4. The fourth-order valence-electron chi connectivity index (χ4n) is 3.31. The summed E-state index contributed by atoms with van der Waals surface area (Å²) in [6, 6.07) is 14.1. The van der Waals surface area contributed by atoms with Gasteiger partial charge in [0.05, 0.1) is 6.20 Å². The van der Waals surface area contributed by atoms with E-state index in [2.05, 4.69) is 17.1 Å². The molecule has 0 unspecified atom stereocenters. The average molecular weight is 454 g/mol. The van der Waals surface area contributed by atoms with Crippen LogP contribution in [-0.2, 0) is 20.7 Å². The maximum absolute atomic E-state index is 12.2. The Kier molecular flexibility index (Phi) is 9.45. The molecule has 0 saturated carbocycles. The normalized spacial score (nSPS) is 18.3. The van der Waals surface area contributed by atoms with Crippen molar-refractivity contribution in [3.63, 3.8) is 0 Å². The number of halogens is 3. The van der Waals surface area contributed by atoms with Crippen molar-refractivity contribution in [2.24, 2.45) is 5.92 Å². The van der Waals surface area contributed by atoms with Crippen LogP contribution in [0, 0.1) is 5.92 Å². The topological polar surface area (TPSA) is 89.0 Å². The van der Waals surface area contributed by atoms with Gasteiger partial charge in [-0.1, -0.05) is 30.3 Å². The lowest BCUT2D eigenvalue weighted by molar-refractivity contribution is -0.192. The first-order valence-corrected chi connectivity index (χ1v) is 9.88. The summed E-state index contributed by atoms with van der Waals surface area (Å²) < 4.78 is 42.9. The second-order valence-corrected chi connectivity index (χ2v) is 7.16. The monoisotopic (exact) mass is 454 g/mol. The number of hydrogen-bond donors (Lipinski definition) is 1. The Balaban J connectivity index is 0.000000451. The van der Waals surface area contributed by atoms with Crippen molar-refractivity contribution in [1.29, 1.82) is 0 Å². The van der Waals surface area contributed by atoms with Crippen LogP contribution < -0.4 is 4.74 Å². The highest BCUT2D eigenvalue weighted by Crippen LogP contribution is 2.26. The molecule has 1 fully saturated rings. The van der Waals surface area contributed by atoms with Gasteiger partial charge in [-0.05, 0) is 24.1 Å². The molecule has 10 heteroatoms. The number of carboxylic acids is 1. The van der Waals surface area contributed by atoms with Gasteiger partial charge in [0.15, 0.2) is 0 Å². The number of aliphatic carboxylic acids is 1. The third-order valence-electron chi connectivity index (χ3n) is 4.79. The van der Waals surface area contributed by atoms with Gasteiger partial charge in [0.2, 0.25) is 5.91 Å². The second-order valence-electron chi connectivity index (χ2n) is 7.16. The smallest absolute Gasteiger partial charge is 0.488 e. The minimum atomic E-state index is -5.08. The van der Waals surface area contributed by atoms with Crippen molar-refractivity contribution < 1.29 is 37.3 Å². The number of amides is 1. The van der Waals surface area contributed by atoms with Crippen molar-refractivity contribution >= 4 is 11.9 Å². The van der Waals surface area contributed by atoms with Crippen LogP contribution in [0.25, 0.3) is 0 Å². The molecular weight excluding hydrogens is 429 g/mol. The predicted molar refractivity (Wildman–Crippen MR) is 109 cm³/mol. The van der Waals surface area contributed by atoms with Crippen LogP contribution in [0.3, 0.4) is 0 Å². The Labute approximate surface area is 183 Å². The minimum absolute atomic E-state index is 0.0420. The maximum atomic E-state index is 12.2. The molecule has 3 rings (SSSR count). The van der Waals surface area contributed by atoms with Crippen LogP contribution in [0.4, 0.5) is 13.2 Å². The highest BCUT2D eigenvalue weighted by Gasteiger charge is 2.38. The Morgan fingerprint density at radius 1 is 1.19 bits per heavy atom. The number of rotatable bonds is 6. The van der Waals surface area contributed by atoms with E-state index in [1.807, 2.05) is 35.2 Å². The molecule has 1 amide bonds. The number of methoxy groups -OCH3 is 1. The summed E-state index contributed by atoms with van der Waals surface area (Å²) in [6.07, 6.45) is 0.142. The number of carbonyl (C=O) groups excluding carboxylic acids is 1. The number of pyridine rings is 1. The summed E-state index contributed by atoms with van der Waals surface area (Å²) in [5.41, 5.74) is 1.26. The predicted octanol–water partition coefficient (Wildman–Crippen LogP) is 3.20. The fraction of sp³-hybridized carbons (Fsp3) is 0.409. The van der Waals surface area contributed by atoms with Crippen molar-refractivity contribution in [2.45, 2.75) is 25.1 Å². The number of alkyl halides is 3. The highest BCUT2D eigenvalue weighted by molar-refractivity contribution is 5.77. The van der Waals surface area contributed by atoms with Gasteiger partial charge in [-0.15, -0.1) is 0 Å². The molecule has 2 heterocycles. The maximum Gasteiger partial charge on any atom is 0.490 e. The van der Waals surface area contributed by atoms with Crippen LogP contribution in [0.15, 0.2) is 54.9 Å². The average Bonchev–Trinajstić information content (AvgIpc) is 2.76. The van der Waals surface area contributed by atoms with E-state index < -0.39 is 12.1 Å². The lowest BCUT2D eigenvalue weighted by Gasteiger charge is -2.38. The molecule has 32 heavy (non-hydrogen) atoms. The van der Waals surface area contributed by atoms with Crippen molar-refractivity contribution in [3.8, 4) is 5.75 Å². The molecule has 174 valence electrons. The van der Waals surface area contributed by atoms with E-state index in [0.29, 0.717) is 13.1 Å². The lowest BCUT2D eigenvalue weighted by atomic mass is 9.88. The van der Waals surface area contributed by atoms with E-state index in [-0.39, 0.29) is 24.5 Å². The second kappa shape index (κ2) is 12.0. The molecule has 1 saturated heterocycles. The summed E-state index contributed by atoms with van der Waals surface area (Å²) in [4.78, 5) is 27.1. The van der Waals surface area contributed by atoms with Crippen LogP contribution >= 0.6 is 0 Å². The van der Waals surface area contributed by atoms with Gasteiger partial charge < -0.3 is 19.5 Å². The van der Waals surface area contributed by atoms with Crippen molar-refractivity contribution in [3.05, 3.63) is 60.4 Å². The molecule has 1 aromatic heterocycles. The molecular formula is C22H25F3N2O5. The van der Waals surface area contributed by atoms with Gasteiger partial charge in [0.1, 0.15) is 18.5 Å². The largest absolute Gasteiger partial charge is 0.490 e. The van der Waals surface area contributed by atoms with Crippen molar-refractivity contribution in [1.82, 2.24) is 9.88 Å². The molecule has 1 aliphatic rings. The van der Waals surface area contributed by atoms with Crippen molar-refractivity contribution in [2.75, 3.05) is 26.8 Å². The van der Waals surface area contributed by atoms with E-state index in [1.54, 1.807) is 19.5 Å². The fourth-order valence-corrected chi connectivity index (χ4v) is 3.31. The van der Waals surface area contributed by atoms with Crippen LogP contribution in [0.2, 0.25) is 0 Å². The summed E-state index contributed by atoms with van der Waals surface area (Å²) in [7, 11) is 1.55. The van der Waals surface area contributed by atoms with Crippen LogP contribution in [-0.4, -0.2) is 66.0 Å². The first kappa shape index (κ1) is 25.1. The van der Waals surface area contributed by atoms with Gasteiger partial charge in [0.25, 0.3) is 0 Å². The number of hydrogen-bond acceptors (Lipinski definition) is 5. The van der Waals surface area contributed by atoms with Crippen LogP contribution in [0.1, 0.15) is 12.0 Å². The summed E-state index contributed by atoms with van der Waals surface area (Å²) >= 11 is 0. The van der Waals surface area contributed by atoms with Gasteiger partial charge in [-0.3, -0.25) is 9.78 Å². The Morgan fingerprint density at radius 2 is 1.88 bits per heavy atom. The SMILES string of the molecule is COCC(=O)N1CC[C@@H](Oc2cccnc2)[C@@H](Cc2ccccc2)C1.O=C(O)C(F)(F)F. The number of ether oxygens (including phenoxy) is 2. The lowest BCUT2D eigenvalue weighted by Crippen LogP contribution is -2.49. The number of aromatic nitrogens is 1. The molecule has 1 aliphatic heterocycles. The number of carboxylic acid groups (broad SMARTS) is 1. The summed E-state index contributed by atoms with van der Waals surface area (Å²) in [5, 5.41) is 7.12. The summed E-state index contributed by atoms with van der Waals surface area (Å²) in [5.74, 6) is -1.70. The van der Waals surface area contributed by atoms with E-state index >= 15 is 0 Å². The Morgan fingerprint density at radius 3 is 2.44 bits per heavy atom. The summed E-state index contributed by atoms with van der Waals surface area (Å²) in [6.45, 7) is 1.51. The third-order valence-corrected chi connectivity index (χ3v) is 4.79. The number of nitrogens with zero attached hydrogens (tertiary/aromatic N) is 2. The quantitative estimate of drug-likeness (QED) is 0.721. The first-order valence-electron chi connectivity index (χ1n) is 9.88. The number of carbonyl (C=O) groups is 2.